The predicted octanol–water partition coefficient (Wildman–Crippen LogP) is 2.12. The quantitative estimate of drug-likeness (QED) is 0.697. The second kappa shape index (κ2) is 9.67. The molecule has 0 aromatic heterocycles. The van der Waals surface area contributed by atoms with E-state index in [0.717, 1.165) is 57.2 Å². The number of amides is 1. The molecule has 0 bridgehead atoms. The van der Waals surface area contributed by atoms with Crippen molar-refractivity contribution in [3.63, 3.8) is 0 Å². The molecule has 2 heterocycles. The molecule has 0 unspecified atom stereocenters. The lowest BCUT2D eigenvalue weighted by Crippen LogP contribution is -2.62. The van der Waals surface area contributed by atoms with Crippen LogP contribution in [0.25, 0.3) is 0 Å². The molecule has 0 spiro atoms. The molecule has 3 aliphatic rings. The van der Waals surface area contributed by atoms with Crippen LogP contribution in [0.2, 0.25) is 0 Å². The van der Waals surface area contributed by atoms with Gasteiger partial charge in [-0.15, -0.1) is 0 Å². The molecule has 31 heavy (non-hydrogen) atoms. The highest BCUT2D eigenvalue weighted by Crippen LogP contribution is 2.40. The zero-order chi connectivity index (χ0) is 21.8. The zero-order valence-electron chi connectivity index (χ0n) is 18.4. The number of hydrogen-bond donors (Lipinski definition) is 1. The van der Waals surface area contributed by atoms with Crippen LogP contribution in [0.4, 0.5) is 0 Å². The number of ether oxygens (including phenoxy) is 2. The number of likely N-dealkylation sites (tertiary alicyclic amines) is 2. The molecule has 4 rings (SSSR count). The second-order valence-corrected chi connectivity index (χ2v) is 9.12. The Morgan fingerprint density at radius 2 is 1.81 bits per heavy atom. The van der Waals surface area contributed by atoms with Crippen molar-refractivity contribution in [2.75, 3.05) is 26.7 Å². The van der Waals surface area contributed by atoms with E-state index in [1.165, 1.54) is 0 Å². The molecule has 1 aromatic carbocycles. The van der Waals surface area contributed by atoms with Crippen LogP contribution in [0.5, 0.6) is 0 Å². The van der Waals surface area contributed by atoms with Gasteiger partial charge in [0.2, 0.25) is 5.91 Å². The van der Waals surface area contributed by atoms with Gasteiger partial charge in [-0.25, -0.2) is 4.79 Å². The minimum atomic E-state index is -0.722. The van der Waals surface area contributed by atoms with Crippen molar-refractivity contribution in [3.8, 4) is 0 Å². The number of nitrogens with zero attached hydrogens (tertiary/aromatic N) is 2. The van der Waals surface area contributed by atoms with Crippen molar-refractivity contribution in [2.45, 2.75) is 75.3 Å². The summed E-state index contributed by atoms with van der Waals surface area (Å²) in [5.41, 5.74) is 0.335. The molecule has 3 fully saturated rings. The van der Waals surface area contributed by atoms with Crippen LogP contribution in [0.1, 0.15) is 50.5 Å². The van der Waals surface area contributed by atoms with E-state index in [0.29, 0.717) is 0 Å². The van der Waals surface area contributed by atoms with Gasteiger partial charge >= 0.3 is 5.97 Å². The summed E-state index contributed by atoms with van der Waals surface area (Å²) < 4.78 is 11.0. The lowest BCUT2D eigenvalue weighted by Gasteiger charge is -2.45. The van der Waals surface area contributed by atoms with Crippen LogP contribution in [0.15, 0.2) is 30.3 Å². The number of carbonyl (C=O) groups excluding carboxylic acids is 2. The number of aliphatic hydroxyl groups excluding tert-OH is 1. The Morgan fingerprint density at radius 1 is 1.13 bits per heavy atom. The van der Waals surface area contributed by atoms with E-state index in [2.05, 4.69) is 4.90 Å². The fourth-order valence-corrected chi connectivity index (χ4v) is 5.50. The summed E-state index contributed by atoms with van der Waals surface area (Å²) in [5.74, 6) is -0.445. The summed E-state index contributed by atoms with van der Waals surface area (Å²) in [6, 6.07) is 8.79. The highest BCUT2D eigenvalue weighted by Gasteiger charge is 2.52. The van der Waals surface area contributed by atoms with Crippen molar-refractivity contribution in [2.24, 2.45) is 0 Å². The Labute approximate surface area is 184 Å². The van der Waals surface area contributed by atoms with E-state index in [1.807, 2.05) is 30.3 Å². The number of hydrogen-bond acceptors (Lipinski definition) is 6. The van der Waals surface area contributed by atoms with Gasteiger partial charge in [0.25, 0.3) is 0 Å². The Kier molecular flexibility index (Phi) is 6.94. The van der Waals surface area contributed by atoms with Crippen LogP contribution < -0.4 is 0 Å². The number of aliphatic hydroxyl groups is 1. The number of rotatable bonds is 6. The van der Waals surface area contributed by atoms with E-state index in [9.17, 15) is 14.7 Å². The summed E-state index contributed by atoms with van der Waals surface area (Å²) in [6.45, 7) is 2.01. The van der Waals surface area contributed by atoms with Gasteiger partial charge in [-0.1, -0.05) is 43.2 Å². The monoisotopic (exact) mass is 430 g/mol. The van der Waals surface area contributed by atoms with Gasteiger partial charge in [-0.3, -0.25) is 9.69 Å². The maximum atomic E-state index is 13.9. The number of methoxy groups -OCH3 is 1. The average molecular weight is 431 g/mol. The van der Waals surface area contributed by atoms with Crippen molar-refractivity contribution in [3.05, 3.63) is 35.9 Å². The fourth-order valence-electron chi connectivity index (χ4n) is 5.50. The van der Waals surface area contributed by atoms with Crippen LogP contribution in [-0.4, -0.2) is 77.3 Å². The number of esters is 1. The van der Waals surface area contributed by atoms with Gasteiger partial charge in [-0.05, 0) is 31.2 Å². The first-order valence-electron chi connectivity index (χ1n) is 11.5. The summed E-state index contributed by atoms with van der Waals surface area (Å²) in [5, 5.41) is 10.3. The first-order chi connectivity index (χ1) is 15.0. The molecule has 2 atom stereocenters. The van der Waals surface area contributed by atoms with E-state index in [-0.39, 0.29) is 31.6 Å². The van der Waals surface area contributed by atoms with Gasteiger partial charge in [0.05, 0.1) is 12.2 Å². The molecule has 1 aromatic rings. The van der Waals surface area contributed by atoms with E-state index >= 15 is 0 Å². The second-order valence-electron chi connectivity index (χ2n) is 9.12. The van der Waals surface area contributed by atoms with Gasteiger partial charge in [-0.2, -0.15) is 0 Å². The SMILES string of the molecule is COC1CCN(C2(C(=O)N3C[C@H](O)C[C@@H]3C(=O)OCc3ccccc3)CCCC2)CC1. The molecule has 0 radical (unpaired) electrons. The molecule has 2 saturated heterocycles. The normalized spacial score (nSPS) is 26.8. The topological polar surface area (TPSA) is 79.3 Å². The van der Waals surface area contributed by atoms with Crippen LogP contribution in [-0.2, 0) is 25.7 Å². The Morgan fingerprint density at radius 3 is 2.45 bits per heavy atom. The van der Waals surface area contributed by atoms with Crippen LogP contribution >= 0.6 is 0 Å². The van der Waals surface area contributed by atoms with E-state index in [1.54, 1.807) is 12.0 Å². The van der Waals surface area contributed by atoms with Crippen LogP contribution in [0.3, 0.4) is 0 Å². The minimum Gasteiger partial charge on any atom is -0.459 e. The standard InChI is InChI=1S/C24H34N2O5/c1-30-20-9-13-25(14-10-20)24(11-5-6-12-24)23(29)26-16-19(27)15-21(26)22(28)31-17-18-7-3-2-4-8-18/h2-4,7-8,19-21,27H,5-6,9-17H2,1H3/t19-,21-/m1/s1. The van der Waals surface area contributed by atoms with Gasteiger partial charge in [0.1, 0.15) is 18.2 Å². The third kappa shape index (κ3) is 4.64. The highest BCUT2D eigenvalue weighted by atomic mass is 16.5. The molecule has 1 N–H and O–H groups in total. The number of piperidine rings is 1. The molecule has 1 amide bonds. The molecule has 170 valence electrons. The largest absolute Gasteiger partial charge is 0.459 e. The molecular weight excluding hydrogens is 396 g/mol. The third-order valence-corrected chi connectivity index (χ3v) is 7.25. The molecule has 7 nitrogen and oxygen atoms in total. The van der Waals surface area contributed by atoms with Gasteiger partial charge < -0.3 is 19.5 Å². The number of benzene rings is 1. The molecule has 7 heteroatoms. The fraction of sp³-hybridized carbons (Fsp3) is 0.667. The molecule has 2 aliphatic heterocycles. The lowest BCUT2D eigenvalue weighted by molar-refractivity contribution is -0.159. The van der Waals surface area contributed by atoms with E-state index < -0.39 is 23.7 Å². The Balaban J connectivity index is 1.47. The average Bonchev–Trinajstić information content (AvgIpc) is 3.46. The summed E-state index contributed by atoms with van der Waals surface area (Å²) >= 11 is 0. The molecule has 1 aliphatic carbocycles. The Hall–Kier alpha value is -1.96. The zero-order valence-corrected chi connectivity index (χ0v) is 18.4. The summed E-state index contributed by atoms with van der Waals surface area (Å²) in [4.78, 5) is 30.7. The van der Waals surface area contributed by atoms with Gasteiger partial charge in [0.15, 0.2) is 0 Å². The smallest absolute Gasteiger partial charge is 0.329 e. The Bertz CT molecular complexity index is 756. The van der Waals surface area contributed by atoms with Crippen molar-refractivity contribution >= 4 is 11.9 Å². The van der Waals surface area contributed by atoms with Crippen LogP contribution in [0, 0.1) is 0 Å². The van der Waals surface area contributed by atoms with Crippen molar-refractivity contribution in [1.29, 1.82) is 0 Å². The maximum absolute atomic E-state index is 13.9. The van der Waals surface area contributed by atoms with Crippen molar-refractivity contribution in [1.82, 2.24) is 9.80 Å². The minimum absolute atomic E-state index is 0.0147. The summed E-state index contributed by atoms with van der Waals surface area (Å²) in [6.07, 6.45) is 5.25. The molecule has 1 saturated carbocycles. The molecular formula is C24H34N2O5. The summed E-state index contributed by atoms with van der Waals surface area (Å²) in [7, 11) is 1.74. The maximum Gasteiger partial charge on any atom is 0.329 e. The predicted molar refractivity (Wildman–Crippen MR) is 115 cm³/mol. The van der Waals surface area contributed by atoms with Gasteiger partial charge in [0, 0.05) is 33.2 Å². The van der Waals surface area contributed by atoms with Crippen molar-refractivity contribution < 1.29 is 24.2 Å². The lowest BCUT2D eigenvalue weighted by atomic mass is 9.89. The van der Waals surface area contributed by atoms with E-state index in [4.69, 9.17) is 9.47 Å². The number of carbonyl (C=O) groups is 2. The first-order valence-corrected chi connectivity index (χ1v) is 11.5. The first kappa shape index (κ1) is 22.2. The number of β-amino-alcohol motifs (C(OH)–C–C–N with tert-alkyl or cyclic N) is 1. The third-order valence-electron chi connectivity index (χ3n) is 7.25. The highest BCUT2D eigenvalue weighted by molar-refractivity contribution is 5.91.